The van der Waals surface area contributed by atoms with Gasteiger partial charge in [-0.25, -0.2) is 0 Å². The van der Waals surface area contributed by atoms with Crippen LogP contribution in [-0.4, -0.2) is 48.7 Å². The molecule has 4 heteroatoms. The summed E-state index contributed by atoms with van der Waals surface area (Å²) in [5.41, 5.74) is 1.23. The molecule has 2 heterocycles. The third-order valence-electron chi connectivity index (χ3n) is 6.08. The van der Waals surface area contributed by atoms with Crippen molar-refractivity contribution in [2.24, 2.45) is 5.92 Å². The molecule has 1 saturated carbocycles. The van der Waals surface area contributed by atoms with Gasteiger partial charge in [-0.15, -0.1) is 0 Å². The van der Waals surface area contributed by atoms with Crippen LogP contribution in [0.5, 0.6) is 0 Å². The van der Waals surface area contributed by atoms with E-state index in [1.54, 1.807) is 0 Å². The highest BCUT2D eigenvalue weighted by atomic mass is 16.5. The lowest BCUT2D eigenvalue weighted by Gasteiger charge is -2.39. The van der Waals surface area contributed by atoms with E-state index in [4.69, 9.17) is 4.74 Å². The van der Waals surface area contributed by atoms with Crippen LogP contribution in [0, 0.1) is 5.92 Å². The van der Waals surface area contributed by atoms with Gasteiger partial charge in [-0.3, -0.25) is 4.79 Å². The van der Waals surface area contributed by atoms with Crippen molar-refractivity contribution in [3.63, 3.8) is 0 Å². The summed E-state index contributed by atoms with van der Waals surface area (Å²) in [5, 5.41) is 3.06. The summed E-state index contributed by atoms with van der Waals surface area (Å²) in [6.45, 7) is 4.24. The molecular weight excluding hydrogens is 312 g/mol. The van der Waals surface area contributed by atoms with Crippen molar-refractivity contribution in [2.75, 3.05) is 26.2 Å². The number of rotatable bonds is 6. The fourth-order valence-corrected chi connectivity index (χ4v) is 4.26. The Bertz CT molecular complexity index is 577. The molecule has 3 fully saturated rings. The quantitative estimate of drug-likeness (QED) is 0.864. The molecule has 1 amide bonds. The summed E-state index contributed by atoms with van der Waals surface area (Å²) in [5.74, 6) is 1.04. The molecule has 2 saturated heterocycles. The largest absolute Gasteiger partial charge is 0.362 e. The predicted molar refractivity (Wildman–Crippen MR) is 98.4 cm³/mol. The third kappa shape index (κ3) is 4.42. The van der Waals surface area contributed by atoms with E-state index in [0.29, 0.717) is 6.54 Å². The number of hydrogen-bond donors (Lipinski definition) is 1. The standard InChI is InChI=1S/C21H30N2O2/c24-20(22-13-9-17-4-2-1-3-5-17)19-8-10-21(25-19)11-14-23(15-12-21)16-18-6-7-18/h1-5,18-19H,6-16H2,(H,22,24). The zero-order valence-electron chi connectivity index (χ0n) is 15.1. The van der Waals surface area contributed by atoms with E-state index in [2.05, 4.69) is 22.3 Å². The average Bonchev–Trinajstić information content (AvgIpc) is 3.36. The fourth-order valence-electron chi connectivity index (χ4n) is 4.26. The van der Waals surface area contributed by atoms with Crippen LogP contribution >= 0.6 is 0 Å². The molecule has 3 aliphatic rings. The van der Waals surface area contributed by atoms with E-state index in [9.17, 15) is 4.79 Å². The Morgan fingerprint density at radius 2 is 1.88 bits per heavy atom. The Morgan fingerprint density at radius 3 is 2.60 bits per heavy atom. The summed E-state index contributed by atoms with van der Waals surface area (Å²) in [7, 11) is 0. The summed E-state index contributed by atoms with van der Waals surface area (Å²) >= 11 is 0. The normalized spacial score (nSPS) is 26.0. The molecule has 1 spiro atoms. The van der Waals surface area contributed by atoms with Gasteiger partial charge in [0.1, 0.15) is 6.10 Å². The van der Waals surface area contributed by atoms with Gasteiger partial charge >= 0.3 is 0 Å². The molecule has 136 valence electrons. The average molecular weight is 342 g/mol. The third-order valence-corrected chi connectivity index (χ3v) is 6.08. The van der Waals surface area contributed by atoms with Gasteiger partial charge in [-0.1, -0.05) is 30.3 Å². The van der Waals surface area contributed by atoms with E-state index in [0.717, 1.165) is 51.1 Å². The van der Waals surface area contributed by atoms with Crippen molar-refractivity contribution in [3.8, 4) is 0 Å². The van der Waals surface area contributed by atoms with Crippen LogP contribution in [0.1, 0.15) is 44.1 Å². The van der Waals surface area contributed by atoms with E-state index in [1.807, 2.05) is 18.2 Å². The maximum Gasteiger partial charge on any atom is 0.249 e. The Hall–Kier alpha value is -1.39. The molecule has 1 unspecified atom stereocenters. The second kappa shape index (κ2) is 7.46. The summed E-state index contributed by atoms with van der Waals surface area (Å²) in [6.07, 6.45) is 7.57. The molecule has 0 aromatic heterocycles. The van der Waals surface area contributed by atoms with Crippen molar-refractivity contribution in [1.29, 1.82) is 0 Å². The Balaban J connectivity index is 1.20. The topological polar surface area (TPSA) is 41.6 Å². The number of benzene rings is 1. The van der Waals surface area contributed by atoms with Crippen LogP contribution in [0.25, 0.3) is 0 Å². The zero-order chi connectivity index (χ0) is 17.1. The zero-order valence-corrected chi connectivity index (χ0v) is 15.1. The Kier molecular flexibility index (Phi) is 5.09. The van der Waals surface area contributed by atoms with Gasteiger partial charge in [0, 0.05) is 26.2 Å². The first-order valence-corrected chi connectivity index (χ1v) is 9.94. The summed E-state index contributed by atoms with van der Waals surface area (Å²) < 4.78 is 6.28. The first-order chi connectivity index (χ1) is 12.2. The van der Waals surface area contributed by atoms with E-state index < -0.39 is 0 Å². The van der Waals surface area contributed by atoms with Gasteiger partial charge < -0.3 is 15.0 Å². The molecule has 4 nitrogen and oxygen atoms in total. The van der Waals surface area contributed by atoms with E-state index >= 15 is 0 Å². The highest BCUT2D eigenvalue weighted by Crippen LogP contribution is 2.40. The summed E-state index contributed by atoms with van der Waals surface area (Å²) in [6, 6.07) is 10.3. The number of carbonyl (C=O) groups excluding carboxylic acids is 1. The van der Waals surface area contributed by atoms with Crippen molar-refractivity contribution in [1.82, 2.24) is 10.2 Å². The van der Waals surface area contributed by atoms with Gasteiger partial charge in [0.25, 0.3) is 0 Å². The number of piperidine rings is 1. The van der Waals surface area contributed by atoms with Gasteiger partial charge in [0.05, 0.1) is 5.60 Å². The van der Waals surface area contributed by atoms with Crippen LogP contribution < -0.4 is 5.32 Å². The van der Waals surface area contributed by atoms with Crippen LogP contribution in [0.2, 0.25) is 0 Å². The van der Waals surface area contributed by atoms with Crippen LogP contribution in [0.15, 0.2) is 30.3 Å². The maximum absolute atomic E-state index is 12.4. The summed E-state index contributed by atoms with van der Waals surface area (Å²) in [4.78, 5) is 15.0. The van der Waals surface area contributed by atoms with Gasteiger partial charge in [0.2, 0.25) is 5.91 Å². The molecule has 1 atom stereocenters. The smallest absolute Gasteiger partial charge is 0.249 e. The SMILES string of the molecule is O=C(NCCc1ccccc1)C1CCC2(CCN(CC3CC3)CC2)O1. The van der Waals surface area contributed by atoms with Crippen LogP contribution in [0.3, 0.4) is 0 Å². The number of likely N-dealkylation sites (tertiary alicyclic amines) is 1. The Labute approximate surface area is 150 Å². The van der Waals surface area contributed by atoms with E-state index in [1.165, 1.54) is 24.9 Å². The minimum atomic E-state index is -0.245. The fraction of sp³-hybridized carbons (Fsp3) is 0.667. The molecule has 4 rings (SSSR count). The van der Waals surface area contributed by atoms with Gasteiger partial charge in [0.15, 0.2) is 0 Å². The van der Waals surface area contributed by atoms with E-state index in [-0.39, 0.29) is 17.6 Å². The number of amides is 1. The molecular formula is C21H30N2O2. The lowest BCUT2D eigenvalue weighted by molar-refractivity contribution is -0.140. The molecule has 2 aliphatic heterocycles. The molecule has 1 aromatic carbocycles. The van der Waals surface area contributed by atoms with Crippen molar-refractivity contribution in [2.45, 2.75) is 56.7 Å². The highest BCUT2D eigenvalue weighted by Gasteiger charge is 2.44. The molecule has 25 heavy (non-hydrogen) atoms. The van der Waals surface area contributed by atoms with Crippen LogP contribution in [-0.2, 0) is 16.0 Å². The maximum atomic E-state index is 12.4. The molecule has 1 aliphatic carbocycles. The minimum absolute atomic E-state index is 0.0263. The van der Waals surface area contributed by atoms with Gasteiger partial charge in [-0.05, 0) is 56.4 Å². The second-order valence-electron chi connectivity index (χ2n) is 8.10. The second-order valence-corrected chi connectivity index (χ2v) is 8.10. The van der Waals surface area contributed by atoms with Crippen molar-refractivity contribution >= 4 is 5.91 Å². The first kappa shape index (κ1) is 17.0. The lowest BCUT2D eigenvalue weighted by atomic mass is 9.88. The lowest BCUT2D eigenvalue weighted by Crippen LogP contribution is -2.46. The van der Waals surface area contributed by atoms with Crippen LogP contribution in [0.4, 0.5) is 0 Å². The molecule has 0 radical (unpaired) electrons. The van der Waals surface area contributed by atoms with Gasteiger partial charge in [-0.2, -0.15) is 0 Å². The molecule has 1 N–H and O–H groups in total. The number of ether oxygens (including phenoxy) is 1. The minimum Gasteiger partial charge on any atom is -0.362 e. The number of hydrogen-bond acceptors (Lipinski definition) is 3. The number of nitrogens with one attached hydrogen (secondary N) is 1. The number of nitrogens with zero attached hydrogens (tertiary/aromatic N) is 1. The molecule has 0 bridgehead atoms. The van der Waals surface area contributed by atoms with Crippen molar-refractivity contribution < 1.29 is 9.53 Å². The number of carbonyl (C=O) groups is 1. The highest BCUT2D eigenvalue weighted by molar-refractivity contribution is 5.81. The van der Waals surface area contributed by atoms with Crippen molar-refractivity contribution in [3.05, 3.63) is 35.9 Å². The molecule has 1 aromatic rings. The Morgan fingerprint density at radius 1 is 1.12 bits per heavy atom. The first-order valence-electron chi connectivity index (χ1n) is 9.94. The monoisotopic (exact) mass is 342 g/mol. The predicted octanol–water partition coefficient (Wildman–Crippen LogP) is 2.77.